The molecule has 0 saturated heterocycles. The summed E-state index contributed by atoms with van der Waals surface area (Å²) in [7, 11) is 0. The Bertz CT molecular complexity index is 319. The Morgan fingerprint density at radius 2 is 2.58 bits per heavy atom. The topological polar surface area (TPSA) is 64.7 Å². The molecule has 0 radical (unpaired) electrons. The first-order valence-corrected chi connectivity index (χ1v) is 4.21. The van der Waals surface area contributed by atoms with E-state index in [1.807, 2.05) is 0 Å². The number of fused-ring (bicyclic) bond motifs is 1. The molecule has 0 spiro atoms. The molecule has 0 fully saturated rings. The number of thioether (sulfide) groups is 1. The Balaban J connectivity index is 2.27. The highest BCUT2D eigenvalue weighted by Crippen LogP contribution is 2.33. The summed E-state index contributed by atoms with van der Waals surface area (Å²) in [5.41, 5.74) is 5.87. The number of nitrogens with two attached hydrogens (primary N) is 1. The van der Waals surface area contributed by atoms with E-state index in [0.29, 0.717) is 0 Å². The molecule has 1 amide bonds. The summed E-state index contributed by atoms with van der Waals surface area (Å²) in [6.07, 6.45) is 4.80. The van der Waals surface area contributed by atoms with Crippen molar-refractivity contribution in [2.75, 3.05) is 0 Å². The van der Waals surface area contributed by atoms with Gasteiger partial charge in [0.25, 0.3) is 5.91 Å². The maximum absolute atomic E-state index is 10.7. The minimum atomic E-state index is -0.488. The minimum absolute atomic E-state index is 0.420. The molecule has 4 nitrogen and oxygen atoms in total. The molecule has 0 aromatic rings. The van der Waals surface area contributed by atoms with E-state index in [9.17, 15) is 4.79 Å². The van der Waals surface area contributed by atoms with Crippen LogP contribution >= 0.6 is 11.8 Å². The van der Waals surface area contributed by atoms with Gasteiger partial charge in [-0.2, -0.15) is 0 Å². The summed E-state index contributed by atoms with van der Waals surface area (Å²) in [5.74, 6) is -0.420. The molecule has 0 aromatic carbocycles. The molecule has 2 aliphatic heterocycles. The van der Waals surface area contributed by atoms with Crippen molar-refractivity contribution in [1.29, 1.82) is 0 Å². The van der Waals surface area contributed by atoms with Gasteiger partial charge >= 0.3 is 0 Å². The number of nitrogens with zero attached hydrogens (tertiary/aromatic N) is 1. The van der Waals surface area contributed by atoms with Gasteiger partial charge in [0.05, 0.1) is 16.9 Å². The molecule has 1 atom stereocenters. The Kier molecular flexibility index (Phi) is 1.65. The van der Waals surface area contributed by atoms with Crippen molar-refractivity contribution < 1.29 is 9.53 Å². The molecule has 2 N–H and O–H groups in total. The fourth-order valence-corrected chi connectivity index (χ4v) is 1.81. The highest BCUT2D eigenvalue weighted by molar-refractivity contribution is 8.05. The number of primary amides is 1. The maximum atomic E-state index is 10.7. The number of aliphatic imine (C=N–C) groups is 1. The van der Waals surface area contributed by atoms with Gasteiger partial charge in [-0.1, -0.05) is 11.8 Å². The van der Waals surface area contributed by atoms with Crippen molar-refractivity contribution in [3.05, 3.63) is 23.5 Å². The molecule has 2 rings (SSSR count). The van der Waals surface area contributed by atoms with Crippen molar-refractivity contribution in [2.24, 2.45) is 10.7 Å². The van der Waals surface area contributed by atoms with E-state index < -0.39 is 11.3 Å². The first-order chi connectivity index (χ1) is 5.77. The van der Waals surface area contributed by atoms with Gasteiger partial charge in [-0.3, -0.25) is 9.79 Å². The van der Waals surface area contributed by atoms with Crippen molar-refractivity contribution in [3.63, 3.8) is 0 Å². The third-order valence-electron chi connectivity index (χ3n) is 1.47. The molecule has 0 saturated carbocycles. The molecule has 5 heteroatoms. The molecule has 0 bridgehead atoms. The molecule has 0 aliphatic carbocycles. The average molecular weight is 182 g/mol. The summed E-state index contributed by atoms with van der Waals surface area (Å²) in [6, 6.07) is 0. The second-order valence-electron chi connectivity index (χ2n) is 2.31. The van der Waals surface area contributed by atoms with Gasteiger partial charge in [0, 0.05) is 0 Å². The van der Waals surface area contributed by atoms with E-state index in [1.54, 1.807) is 12.3 Å². The van der Waals surface area contributed by atoms with Gasteiger partial charge in [0.1, 0.15) is 6.26 Å². The van der Waals surface area contributed by atoms with Crippen LogP contribution in [0.4, 0.5) is 0 Å². The molecular weight excluding hydrogens is 176 g/mol. The van der Waals surface area contributed by atoms with Crippen molar-refractivity contribution >= 4 is 23.4 Å². The summed E-state index contributed by atoms with van der Waals surface area (Å²) in [5, 5.41) is -0.488. The van der Waals surface area contributed by atoms with Crippen LogP contribution in [-0.2, 0) is 9.53 Å². The normalized spacial score (nSPS) is 25.5. The highest BCUT2D eigenvalue weighted by Gasteiger charge is 2.27. The van der Waals surface area contributed by atoms with Crippen LogP contribution in [0.2, 0.25) is 0 Å². The van der Waals surface area contributed by atoms with Crippen LogP contribution in [-0.4, -0.2) is 17.0 Å². The largest absolute Gasteiger partial charge is 0.471 e. The zero-order valence-electron chi connectivity index (χ0n) is 6.06. The number of amides is 1. The molecule has 12 heavy (non-hydrogen) atoms. The number of allylic oxidation sites excluding steroid dienone is 2. The van der Waals surface area contributed by atoms with E-state index in [0.717, 1.165) is 10.6 Å². The van der Waals surface area contributed by atoms with Gasteiger partial charge < -0.3 is 10.5 Å². The van der Waals surface area contributed by atoms with Crippen LogP contribution in [0.25, 0.3) is 0 Å². The lowest BCUT2D eigenvalue weighted by Crippen LogP contribution is -2.21. The van der Waals surface area contributed by atoms with Crippen LogP contribution in [0.1, 0.15) is 0 Å². The number of carbonyl (C=O) groups excluding carboxylic acids is 1. The van der Waals surface area contributed by atoms with Crippen molar-refractivity contribution in [1.82, 2.24) is 0 Å². The lowest BCUT2D eigenvalue weighted by Gasteiger charge is -2.02. The molecule has 62 valence electrons. The van der Waals surface area contributed by atoms with E-state index in [2.05, 4.69) is 4.99 Å². The standard InChI is InChI=1S/C7H6N2O2S/c8-6(10)7-9-4-1-2-11-3-5(4)12-7/h1-3,7H,(H2,8,10). The Morgan fingerprint density at radius 1 is 1.75 bits per heavy atom. The third-order valence-corrected chi connectivity index (χ3v) is 2.59. The Morgan fingerprint density at radius 3 is 3.25 bits per heavy atom. The Hall–Kier alpha value is -1.23. The van der Waals surface area contributed by atoms with E-state index in [1.165, 1.54) is 18.0 Å². The summed E-state index contributed by atoms with van der Waals surface area (Å²) in [4.78, 5) is 15.7. The summed E-state index contributed by atoms with van der Waals surface area (Å²) < 4.78 is 4.92. The second-order valence-corrected chi connectivity index (χ2v) is 3.43. The fourth-order valence-electron chi connectivity index (χ4n) is 0.937. The zero-order valence-corrected chi connectivity index (χ0v) is 6.88. The van der Waals surface area contributed by atoms with Gasteiger partial charge in [-0.15, -0.1) is 0 Å². The summed E-state index contributed by atoms with van der Waals surface area (Å²) in [6.45, 7) is 0. The maximum Gasteiger partial charge on any atom is 0.252 e. The van der Waals surface area contributed by atoms with E-state index in [4.69, 9.17) is 10.5 Å². The van der Waals surface area contributed by atoms with Gasteiger partial charge in [-0.05, 0) is 6.08 Å². The number of carbonyl (C=O) groups is 1. The molecule has 0 aromatic heterocycles. The number of hydrogen-bond acceptors (Lipinski definition) is 4. The molecule has 2 aliphatic rings. The third kappa shape index (κ3) is 1.12. The van der Waals surface area contributed by atoms with E-state index in [-0.39, 0.29) is 0 Å². The van der Waals surface area contributed by atoms with Crippen molar-refractivity contribution in [2.45, 2.75) is 5.37 Å². The smallest absolute Gasteiger partial charge is 0.252 e. The van der Waals surface area contributed by atoms with Crippen LogP contribution < -0.4 is 5.73 Å². The van der Waals surface area contributed by atoms with Crippen molar-refractivity contribution in [3.8, 4) is 0 Å². The number of rotatable bonds is 1. The quantitative estimate of drug-likeness (QED) is 0.637. The van der Waals surface area contributed by atoms with Crippen LogP contribution in [0.3, 0.4) is 0 Å². The van der Waals surface area contributed by atoms with Crippen LogP contribution in [0.15, 0.2) is 28.5 Å². The van der Waals surface area contributed by atoms with Gasteiger partial charge in [0.2, 0.25) is 0 Å². The number of hydrogen-bond donors (Lipinski definition) is 1. The molecular formula is C7H6N2O2S. The first-order valence-electron chi connectivity index (χ1n) is 3.34. The highest BCUT2D eigenvalue weighted by atomic mass is 32.2. The first kappa shape index (κ1) is 7.42. The predicted molar refractivity (Wildman–Crippen MR) is 46.3 cm³/mol. The molecule has 2 heterocycles. The monoisotopic (exact) mass is 182 g/mol. The summed E-state index contributed by atoms with van der Waals surface area (Å²) >= 11 is 1.31. The van der Waals surface area contributed by atoms with Gasteiger partial charge in [0.15, 0.2) is 5.37 Å². The van der Waals surface area contributed by atoms with Crippen LogP contribution in [0.5, 0.6) is 0 Å². The molecule has 1 unspecified atom stereocenters. The SMILES string of the molecule is NC(=O)C1N=C2C=COC=C2S1. The predicted octanol–water partition coefficient (Wildman–Crippen LogP) is 0.371. The number of ether oxygens (including phenoxy) is 1. The minimum Gasteiger partial charge on any atom is -0.471 e. The van der Waals surface area contributed by atoms with E-state index >= 15 is 0 Å². The lowest BCUT2D eigenvalue weighted by atomic mass is 10.3. The fraction of sp³-hybridized carbons (Fsp3) is 0.143. The second kappa shape index (κ2) is 2.67. The lowest BCUT2D eigenvalue weighted by molar-refractivity contribution is -0.117. The van der Waals surface area contributed by atoms with Gasteiger partial charge in [-0.25, -0.2) is 0 Å². The Labute approximate surface area is 73.2 Å². The zero-order chi connectivity index (χ0) is 8.55. The average Bonchev–Trinajstić information content (AvgIpc) is 2.46. The van der Waals surface area contributed by atoms with Crippen LogP contribution in [0, 0.1) is 0 Å².